The second kappa shape index (κ2) is 10.6. The molecule has 1 heterocycles. The van der Waals surface area contributed by atoms with E-state index in [4.69, 9.17) is 24.1 Å². The summed E-state index contributed by atoms with van der Waals surface area (Å²) in [7, 11) is 0. The van der Waals surface area contributed by atoms with Gasteiger partial charge in [0, 0.05) is 3.57 Å². The van der Waals surface area contributed by atoms with E-state index in [2.05, 4.69) is 22.6 Å². The molecule has 0 fully saturated rings. The van der Waals surface area contributed by atoms with Crippen LogP contribution in [-0.4, -0.2) is 50.5 Å². The zero-order valence-electron chi connectivity index (χ0n) is 15.2. The first kappa shape index (κ1) is 20.8. The average Bonchev–Trinajstić information content (AvgIpc) is 3.00. The number of aliphatic hydroxyl groups is 1. The molecule has 0 saturated carbocycles. The Balaban J connectivity index is 1.46. The van der Waals surface area contributed by atoms with Gasteiger partial charge in [-0.15, -0.1) is 0 Å². The first-order chi connectivity index (χ1) is 13.7. The summed E-state index contributed by atoms with van der Waals surface area (Å²) < 4.78 is 22.8. The summed E-state index contributed by atoms with van der Waals surface area (Å²) in [5.41, 5.74) is 1.45. The molecular weight excluding hydrogens is 475 g/mol. The molecular formula is C21H21IO6. The highest BCUT2D eigenvalue weighted by Crippen LogP contribution is 2.33. The van der Waals surface area contributed by atoms with Gasteiger partial charge in [-0.1, -0.05) is 12.1 Å². The number of allylic oxidation sites excluding steroid dienone is 1. The van der Waals surface area contributed by atoms with Gasteiger partial charge in [0.1, 0.15) is 18.1 Å². The van der Waals surface area contributed by atoms with E-state index in [0.29, 0.717) is 50.1 Å². The first-order valence-electron chi connectivity index (χ1n) is 8.90. The van der Waals surface area contributed by atoms with Gasteiger partial charge in [-0.3, -0.25) is 4.79 Å². The summed E-state index contributed by atoms with van der Waals surface area (Å²) in [6.07, 6.45) is 1.73. The van der Waals surface area contributed by atoms with Crippen molar-refractivity contribution in [1.82, 2.24) is 0 Å². The maximum atomic E-state index is 12.4. The van der Waals surface area contributed by atoms with Crippen LogP contribution >= 0.6 is 22.6 Å². The van der Waals surface area contributed by atoms with Crippen LogP contribution in [0, 0.1) is 3.57 Å². The van der Waals surface area contributed by atoms with E-state index in [1.807, 2.05) is 42.5 Å². The zero-order chi connectivity index (χ0) is 19.8. The Bertz CT molecular complexity index is 831. The summed E-state index contributed by atoms with van der Waals surface area (Å²) in [6.45, 7) is 2.13. The number of fused-ring (bicyclic) bond motifs is 1. The Morgan fingerprint density at radius 3 is 2.43 bits per heavy atom. The third-order valence-electron chi connectivity index (χ3n) is 3.91. The molecule has 0 aromatic heterocycles. The van der Waals surface area contributed by atoms with Crippen LogP contribution in [0.5, 0.6) is 11.5 Å². The molecule has 148 valence electrons. The quantitative estimate of drug-likeness (QED) is 0.309. The van der Waals surface area contributed by atoms with Gasteiger partial charge in [-0.05, 0) is 64.6 Å². The van der Waals surface area contributed by atoms with Crippen LogP contribution in [-0.2, 0) is 9.47 Å². The minimum Gasteiger partial charge on any atom is -0.491 e. The molecule has 2 aromatic carbocycles. The van der Waals surface area contributed by atoms with E-state index in [1.165, 1.54) is 0 Å². The summed E-state index contributed by atoms with van der Waals surface area (Å²) in [5.74, 6) is 1.54. The molecule has 28 heavy (non-hydrogen) atoms. The number of Topliss-reactive ketones (excluding diaryl/α,β-unsaturated/α-hetero) is 1. The Hall–Kier alpha value is -1.94. The van der Waals surface area contributed by atoms with Crippen molar-refractivity contribution >= 4 is 34.5 Å². The van der Waals surface area contributed by atoms with Crippen molar-refractivity contribution in [2.24, 2.45) is 0 Å². The zero-order valence-corrected chi connectivity index (χ0v) is 17.4. The topological polar surface area (TPSA) is 74.2 Å². The van der Waals surface area contributed by atoms with E-state index in [0.717, 1.165) is 14.9 Å². The fraction of sp³-hybridized carbons (Fsp3) is 0.286. The predicted octanol–water partition coefficient (Wildman–Crippen LogP) is 3.31. The van der Waals surface area contributed by atoms with Gasteiger partial charge in [-0.2, -0.15) is 0 Å². The fourth-order valence-electron chi connectivity index (χ4n) is 2.58. The number of ketones is 1. The molecule has 0 amide bonds. The van der Waals surface area contributed by atoms with Crippen molar-refractivity contribution in [3.63, 3.8) is 0 Å². The van der Waals surface area contributed by atoms with Crippen molar-refractivity contribution in [2.75, 3.05) is 39.6 Å². The lowest BCUT2D eigenvalue weighted by Crippen LogP contribution is -2.11. The molecule has 7 heteroatoms. The number of hydrogen-bond donors (Lipinski definition) is 1. The summed E-state index contributed by atoms with van der Waals surface area (Å²) >= 11 is 2.18. The molecule has 0 unspecified atom stereocenters. The first-order valence-corrected chi connectivity index (χ1v) is 9.98. The Kier molecular flexibility index (Phi) is 7.84. The maximum Gasteiger partial charge on any atom is 0.232 e. The van der Waals surface area contributed by atoms with Gasteiger partial charge in [0.25, 0.3) is 0 Å². The van der Waals surface area contributed by atoms with Gasteiger partial charge in [-0.25, -0.2) is 0 Å². The molecule has 6 nitrogen and oxygen atoms in total. The minimum atomic E-state index is -0.103. The summed E-state index contributed by atoms with van der Waals surface area (Å²) in [5, 5.41) is 8.58. The van der Waals surface area contributed by atoms with E-state index in [-0.39, 0.29) is 12.4 Å². The van der Waals surface area contributed by atoms with Crippen LogP contribution in [0.3, 0.4) is 0 Å². The molecule has 2 aromatic rings. The Morgan fingerprint density at radius 2 is 1.68 bits per heavy atom. The molecule has 1 aliphatic heterocycles. The number of carbonyl (C=O) groups is 1. The van der Waals surface area contributed by atoms with E-state index in [1.54, 1.807) is 6.08 Å². The van der Waals surface area contributed by atoms with Crippen molar-refractivity contribution in [3.8, 4) is 11.5 Å². The number of carbonyl (C=O) groups excluding carboxylic acids is 1. The number of rotatable bonds is 10. The van der Waals surface area contributed by atoms with Crippen molar-refractivity contribution in [3.05, 3.63) is 62.9 Å². The number of hydrogen-bond acceptors (Lipinski definition) is 6. The molecule has 0 saturated heterocycles. The highest BCUT2D eigenvalue weighted by atomic mass is 127. The third kappa shape index (κ3) is 5.78. The summed E-state index contributed by atoms with van der Waals surface area (Å²) in [6, 6.07) is 13.0. The van der Waals surface area contributed by atoms with Crippen molar-refractivity contribution in [1.29, 1.82) is 0 Å². The minimum absolute atomic E-state index is 0.0162. The lowest BCUT2D eigenvalue weighted by molar-refractivity contribution is 0.0247. The Labute approximate surface area is 177 Å². The van der Waals surface area contributed by atoms with Crippen LogP contribution in [0.1, 0.15) is 15.9 Å². The number of halogens is 1. The van der Waals surface area contributed by atoms with Crippen molar-refractivity contribution in [2.45, 2.75) is 0 Å². The monoisotopic (exact) mass is 496 g/mol. The molecule has 1 N–H and O–H groups in total. The molecule has 0 bridgehead atoms. The SMILES string of the molecule is O=C1/C(=C/c2ccc(OCCOCCOCCO)cc2)Oc2ccc(I)cc21. The number of benzene rings is 2. The molecule has 0 spiro atoms. The average molecular weight is 496 g/mol. The highest BCUT2D eigenvalue weighted by Gasteiger charge is 2.27. The van der Waals surface area contributed by atoms with Gasteiger partial charge in [0.2, 0.25) is 5.78 Å². The largest absolute Gasteiger partial charge is 0.491 e. The second-order valence-electron chi connectivity index (χ2n) is 5.95. The van der Waals surface area contributed by atoms with Crippen molar-refractivity contribution < 1.29 is 28.8 Å². The van der Waals surface area contributed by atoms with Crippen LogP contribution in [0.25, 0.3) is 6.08 Å². The van der Waals surface area contributed by atoms with Gasteiger partial charge >= 0.3 is 0 Å². The van der Waals surface area contributed by atoms with Crippen LogP contribution in [0.2, 0.25) is 0 Å². The van der Waals surface area contributed by atoms with Gasteiger partial charge in [0.05, 0.1) is 38.6 Å². The molecule has 3 rings (SSSR count). The standard InChI is InChI=1S/C21H21IO6/c22-16-3-6-19-18(14-16)21(24)20(28-19)13-15-1-4-17(5-2-15)27-12-11-26-10-9-25-8-7-23/h1-6,13-14,23H,7-12H2/b20-13-. The number of aliphatic hydroxyl groups excluding tert-OH is 1. The molecule has 0 atom stereocenters. The van der Waals surface area contributed by atoms with Gasteiger partial charge < -0.3 is 24.1 Å². The highest BCUT2D eigenvalue weighted by molar-refractivity contribution is 14.1. The van der Waals surface area contributed by atoms with Crippen LogP contribution < -0.4 is 9.47 Å². The van der Waals surface area contributed by atoms with Crippen LogP contribution in [0.4, 0.5) is 0 Å². The second-order valence-corrected chi connectivity index (χ2v) is 7.19. The smallest absolute Gasteiger partial charge is 0.232 e. The Morgan fingerprint density at radius 1 is 0.964 bits per heavy atom. The van der Waals surface area contributed by atoms with E-state index < -0.39 is 0 Å². The molecule has 0 radical (unpaired) electrons. The predicted molar refractivity (Wildman–Crippen MR) is 113 cm³/mol. The maximum absolute atomic E-state index is 12.4. The third-order valence-corrected chi connectivity index (χ3v) is 4.58. The normalized spacial score (nSPS) is 14.2. The van der Waals surface area contributed by atoms with E-state index >= 15 is 0 Å². The lowest BCUT2D eigenvalue weighted by Gasteiger charge is -2.08. The molecule has 1 aliphatic rings. The lowest BCUT2D eigenvalue weighted by atomic mass is 10.1. The number of ether oxygens (including phenoxy) is 4. The fourth-order valence-corrected chi connectivity index (χ4v) is 3.07. The summed E-state index contributed by atoms with van der Waals surface area (Å²) in [4.78, 5) is 12.4. The van der Waals surface area contributed by atoms with E-state index in [9.17, 15) is 4.79 Å². The van der Waals surface area contributed by atoms with Crippen LogP contribution in [0.15, 0.2) is 48.2 Å². The molecule has 0 aliphatic carbocycles. The van der Waals surface area contributed by atoms with Gasteiger partial charge in [0.15, 0.2) is 5.76 Å².